The first-order valence-electron chi connectivity index (χ1n) is 10.5. The molecular weight excluding hydrogens is 444 g/mol. The summed E-state index contributed by atoms with van der Waals surface area (Å²) in [6, 6.07) is 24.7. The molecule has 0 aliphatic carbocycles. The van der Waals surface area contributed by atoms with Crippen molar-refractivity contribution >= 4 is 38.6 Å². The van der Waals surface area contributed by atoms with Gasteiger partial charge in [-0.2, -0.15) is 4.31 Å². The van der Waals surface area contributed by atoms with Crippen molar-refractivity contribution in [2.75, 3.05) is 31.1 Å². The Bertz CT molecular complexity index is 1330. The molecule has 0 atom stereocenters. The minimum Gasteiger partial charge on any atom is -0.340 e. The zero-order valence-electron chi connectivity index (χ0n) is 17.4. The predicted molar refractivity (Wildman–Crippen MR) is 128 cm³/mol. The van der Waals surface area contributed by atoms with Gasteiger partial charge in [0.15, 0.2) is 0 Å². The lowest BCUT2D eigenvalue weighted by Gasteiger charge is -2.34. The van der Waals surface area contributed by atoms with Crippen molar-refractivity contribution in [2.24, 2.45) is 0 Å². The third-order valence-electron chi connectivity index (χ3n) is 5.79. The number of halogens is 1. The lowest BCUT2D eigenvalue weighted by atomic mass is 10.2. The first kappa shape index (κ1) is 21.0. The van der Waals surface area contributed by atoms with Crippen molar-refractivity contribution in [2.45, 2.75) is 11.4 Å². The number of rotatable bonds is 5. The van der Waals surface area contributed by atoms with E-state index in [4.69, 9.17) is 16.6 Å². The van der Waals surface area contributed by atoms with E-state index in [1.54, 1.807) is 24.3 Å². The van der Waals surface area contributed by atoms with Gasteiger partial charge in [0.05, 0.1) is 22.5 Å². The van der Waals surface area contributed by atoms with Crippen LogP contribution in [0, 0.1) is 0 Å². The molecule has 0 unspecified atom stereocenters. The minimum atomic E-state index is -3.55. The Balaban J connectivity index is 1.40. The molecule has 1 aliphatic rings. The van der Waals surface area contributed by atoms with Gasteiger partial charge in [-0.1, -0.05) is 54.1 Å². The van der Waals surface area contributed by atoms with E-state index in [2.05, 4.69) is 27.7 Å². The molecule has 0 spiro atoms. The smallest absolute Gasteiger partial charge is 0.243 e. The van der Waals surface area contributed by atoms with E-state index >= 15 is 0 Å². The van der Waals surface area contributed by atoms with Crippen LogP contribution in [0.5, 0.6) is 0 Å². The van der Waals surface area contributed by atoms with Gasteiger partial charge in [-0.3, -0.25) is 0 Å². The second-order valence-corrected chi connectivity index (χ2v) is 10.2. The van der Waals surface area contributed by atoms with Crippen LogP contribution in [0.2, 0.25) is 5.02 Å². The molecule has 0 amide bonds. The van der Waals surface area contributed by atoms with Gasteiger partial charge in [0.25, 0.3) is 0 Å². The topological polar surface area (TPSA) is 58.4 Å². The molecule has 1 saturated heterocycles. The fraction of sp³-hybridized carbons (Fsp3) is 0.208. The second kappa shape index (κ2) is 8.58. The summed E-state index contributed by atoms with van der Waals surface area (Å²) in [6.45, 7) is 2.66. The zero-order valence-corrected chi connectivity index (χ0v) is 19.0. The van der Waals surface area contributed by atoms with E-state index in [1.165, 1.54) is 9.87 Å². The van der Waals surface area contributed by atoms with Crippen molar-refractivity contribution < 1.29 is 8.42 Å². The molecular formula is C24H23ClN4O2S. The molecule has 164 valence electrons. The summed E-state index contributed by atoms with van der Waals surface area (Å²) in [7, 11) is -3.55. The van der Waals surface area contributed by atoms with E-state index in [0.717, 1.165) is 17.0 Å². The maximum atomic E-state index is 13.0. The molecule has 4 aromatic rings. The summed E-state index contributed by atoms with van der Waals surface area (Å²) in [5.41, 5.74) is 3.21. The van der Waals surface area contributed by atoms with Crippen LogP contribution in [0.3, 0.4) is 0 Å². The summed E-state index contributed by atoms with van der Waals surface area (Å²) in [6.07, 6.45) is 0. The van der Waals surface area contributed by atoms with Crippen LogP contribution in [0.15, 0.2) is 83.8 Å². The highest BCUT2D eigenvalue weighted by atomic mass is 35.5. The predicted octanol–water partition coefficient (Wildman–Crippen LogP) is 4.25. The average molecular weight is 467 g/mol. The van der Waals surface area contributed by atoms with Gasteiger partial charge in [-0.05, 0) is 42.0 Å². The van der Waals surface area contributed by atoms with E-state index in [1.807, 2.05) is 36.4 Å². The zero-order chi connectivity index (χ0) is 22.1. The fourth-order valence-corrected chi connectivity index (χ4v) is 5.66. The number of piperazine rings is 1. The largest absolute Gasteiger partial charge is 0.340 e. The standard InChI is InChI=1S/C24H23ClN4O2S/c25-20-10-12-21(13-11-20)32(30,31)28-16-14-27(15-17-28)24-26-22-8-4-5-9-23(22)29(24)18-19-6-2-1-3-7-19/h1-13H,14-18H2. The number of para-hydroxylation sites is 2. The number of aromatic nitrogens is 2. The van der Waals surface area contributed by atoms with Crippen molar-refractivity contribution in [1.29, 1.82) is 0 Å². The van der Waals surface area contributed by atoms with Gasteiger partial charge < -0.3 is 9.47 Å². The van der Waals surface area contributed by atoms with Crippen molar-refractivity contribution in [1.82, 2.24) is 13.9 Å². The molecule has 32 heavy (non-hydrogen) atoms. The normalized spacial score (nSPS) is 15.3. The van der Waals surface area contributed by atoms with Crippen LogP contribution in [0.1, 0.15) is 5.56 Å². The summed E-state index contributed by atoms with van der Waals surface area (Å²) >= 11 is 5.92. The third-order valence-corrected chi connectivity index (χ3v) is 7.96. The fourth-order valence-electron chi connectivity index (χ4n) is 4.11. The first-order chi connectivity index (χ1) is 15.5. The number of hydrogen-bond acceptors (Lipinski definition) is 4. The molecule has 5 rings (SSSR count). The molecule has 0 radical (unpaired) electrons. The number of hydrogen-bond donors (Lipinski definition) is 0. The van der Waals surface area contributed by atoms with E-state index in [9.17, 15) is 8.42 Å². The maximum Gasteiger partial charge on any atom is 0.243 e. The molecule has 0 saturated carbocycles. The summed E-state index contributed by atoms with van der Waals surface area (Å²) in [5.74, 6) is 0.874. The Labute approximate surface area is 192 Å². The highest BCUT2D eigenvalue weighted by Crippen LogP contribution is 2.26. The van der Waals surface area contributed by atoms with Crippen molar-refractivity contribution in [3.05, 3.63) is 89.4 Å². The highest BCUT2D eigenvalue weighted by molar-refractivity contribution is 7.89. The van der Waals surface area contributed by atoms with Gasteiger partial charge >= 0.3 is 0 Å². The molecule has 6 nitrogen and oxygen atoms in total. The number of benzene rings is 3. The SMILES string of the molecule is O=S(=O)(c1ccc(Cl)cc1)N1CCN(c2nc3ccccc3n2Cc2ccccc2)CC1. The number of fused-ring (bicyclic) bond motifs is 1. The van der Waals surface area contributed by atoms with Crippen LogP contribution in [-0.4, -0.2) is 48.5 Å². The number of nitrogens with zero attached hydrogens (tertiary/aromatic N) is 4. The maximum absolute atomic E-state index is 13.0. The van der Waals surface area contributed by atoms with E-state index in [-0.39, 0.29) is 4.90 Å². The molecule has 8 heteroatoms. The van der Waals surface area contributed by atoms with E-state index in [0.29, 0.717) is 37.7 Å². The Hall–Kier alpha value is -2.87. The summed E-state index contributed by atoms with van der Waals surface area (Å²) < 4.78 is 29.8. The lowest BCUT2D eigenvalue weighted by molar-refractivity contribution is 0.381. The number of sulfonamides is 1. The van der Waals surface area contributed by atoms with E-state index < -0.39 is 10.0 Å². The first-order valence-corrected chi connectivity index (χ1v) is 12.3. The summed E-state index contributed by atoms with van der Waals surface area (Å²) in [5, 5.41) is 0.520. The molecule has 1 fully saturated rings. The van der Waals surface area contributed by atoms with Gasteiger partial charge in [0.1, 0.15) is 0 Å². The van der Waals surface area contributed by atoms with Gasteiger partial charge in [-0.25, -0.2) is 13.4 Å². The van der Waals surface area contributed by atoms with Crippen LogP contribution < -0.4 is 4.90 Å². The van der Waals surface area contributed by atoms with Gasteiger partial charge in [-0.15, -0.1) is 0 Å². The average Bonchev–Trinajstić information content (AvgIpc) is 3.18. The Kier molecular flexibility index (Phi) is 5.63. The van der Waals surface area contributed by atoms with Crippen molar-refractivity contribution in [3.63, 3.8) is 0 Å². The number of anilines is 1. The molecule has 3 aromatic carbocycles. The molecule has 2 heterocycles. The number of imidazole rings is 1. The molecule has 1 aromatic heterocycles. The van der Waals surface area contributed by atoms with Crippen molar-refractivity contribution in [3.8, 4) is 0 Å². The monoisotopic (exact) mass is 466 g/mol. The second-order valence-electron chi connectivity index (χ2n) is 7.82. The Morgan fingerprint density at radius 1 is 0.812 bits per heavy atom. The van der Waals surface area contributed by atoms with Crippen LogP contribution in [0.4, 0.5) is 5.95 Å². The molecule has 1 aliphatic heterocycles. The minimum absolute atomic E-state index is 0.270. The van der Waals surface area contributed by atoms with Crippen LogP contribution in [-0.2, 0) is 16.6 Å². The quantitative estimate of drug-likeness (QED) is 0.441. The van der Waals surface area contributed by atoms with Crippen LogP contribution >= 0.6 is 11.6 Å². The summed E-state index contributed by atoms with van der Waals surface area (Å²) in [4.78, 5) is 7.34. The molecule has 0 N–H and O–H groups in total. The van der Waals surface area contributed by atoms with Gasteiger partial charge in [0, 0.05) is 31.2 Å². The van der Waals surface area contributed by atoms with Gasteiger partial charge in [0.2, 0.25) is 16.0 Å². The Morgan fingerprint density at radius 3 is 2.19 bits per heavy atom. The Morgan fingerprint density at radius 2 is 1.47 bits per heavy atom. The van der Waals surface area contributed by atoms with Crippen LogP contribution in [0.25, 0.3) is 11.0 Å². The third kappa shape index (κ3) is 3.99. The highest BCUT2D eigenvalue weighted by Gasteiger charge is 2.30. The lowest BCUT2D eigenvalue weighted by Crippen LogP contribution is -2.49. The molecule has 0 bridgehead atoms.